The summed E-state index contributed by atoms with van der Waals surface area (Å²) >= 11 is 0. The minimum Gasteiger partial charge on any atom is -0.394 e. The largest absolute Gasteiger partial charge is 0.394 e. The summed E-state index contributed by atoms with van der Waals surface area (Å²) in [5.41, 5.74) is 4.13. The number of H-pyrrole nitrogens is 1. The first-order chi connectivity index (χ1) is 12.2. The molecule has 0 radical (unpaired) electrons. The molecule has 6 heteroatoms. The molecule has 0 aliphatic heterocycles. The van der Waals surface area contributed by atoms with Crippen molar-refractivity contribution in [3.05, 3.63) is 66.1 Å². The highest BCUT2D eigenvalue weighted by Gasteiger charge is 2.09. The standard InChI is InChI=1S/C19H19N5O/c1-21-11-13(10-20)12-24-19(25)15-4-2-14(3-5-15)18-16-6-8-22-17(16)7-9-23-18/h2-11,20-22H,12H2,1H3,(H,24,25)/b13-11+,20-10?. The van der Waals surface area contributed by atoms with E-state index in [2.05, 4.69) is 20.6 Å². The van der Waals surface area contributed by atoms with Crippen LogP contribution in [0.1, 0.15) is 10.4 Å². The van der Waals surface area contributed by atoms with Crippen LogP contribution in [0.5, 0.6) is 0 Å². The number of aromatic amines is 1. The highest BCUT2D eigenvalue weighted by molar-refractivity contribution is 5.97. The summed E-state index contributed by atoms with van der Waals surface area (Å²) in [6.45, 7) is 0.301. The van der Waals surface area contributed by atoms with Crippen LogP contribution in [0, 0.1) is 5.41 Å². The SMILES string of the molecule is CN/C=C(\C=N)CNC(=O)c1ccc(-c2nccc3[nH]ccc23)cc1. The Kier molecular flexibility index (Phi) is 4.89. The summed E-state index contributed by atoms with van der Waals surface area (Å²) in [4.78, 5) is 19.9. The molecular weight excluding hydrogens is 314 g/mol. The van der Waals surface area contributed by atoms with Gasteiger partial charge in [0.15, 0.2) is 0 Å². The third kappa shape index (κ3) is 3.58. The van der Waals surface area contributed by atoms with Crippen molar-refractivity contribution in [3.63, 3.8) is 0 Å². The molecule has 0 fully saturated rings. The van der Waals surface area contributed by atoms with E-state index in [9.17, 15) is 4.79 Å². The molecular formula is C19H19N5O. The van der Waals surface area contributed by atoms with Gasteiger partial charge in [-0.1, -0.05) is 12.1 Å². The Labute approximate surface area is 145 Å². The van der Waals surface area contributed by atoms with Crippen LogP contribution in [0.25, 0.3) is 22.2 Å². The molecule has 0 bridgehead atoms. The van der Waals surface area contributed by atoms with Crippen molar-refractivity contribution in [2.45, 2.75) is 0 Å². The maximum atomic E-state index is 12.2. The summed E-state index contributed by atoms with van der Waals surface area (Å²) in [5.74, 6) is -0.178. The van der Waals surface area contributed by atoms with Gasteiger partial charge in [0.1, 0.15) is 0 Å². The molecule has 25 heavy (non-hydrogen) atoms. The maximum absolute atomic E-state index is 12.2. The molecule has 0 saturated heterocycles. The van der Waals surface area contributed by atoms with Crippen LogP contribution in [0.3, 0.4) is 0 Å². The summed E-state index contributed by atoms with van der Waals surface area (Å²) in [6.07, 6.45) is 6.54. The van der Waals surface area contributed by atoms with Crippen molar-refractivity contribution >= 4 is 23.0 Å². The molecule has 126 valence electrons. The van der Waals surface area contributed by atoms with Gasteiger partial charge in [-0.05, 0) is 24.3 Å². The van der Waals surface area contributed by atoms with E-state index >= 15 is 0 Å². The number of benzene rings is 1. The molecule has 0 unspecified atom stereocenters. The molecule has 4 N–H and O–H groups in total. The Hall–Kier alpha value is -3.41. The molecule has 0 aliphatic carbocycles. The van der Waals surface area contributed by atoms with E-state index < -0.39 is 0 Å². The number of aromatic nitrogens is 2. The molecule has 2 aromatic heterocycles. The van der Waals surface area contributed by atoms with E-state index in [1.807, 2.05) is 30.5 Å². The van der Waals surface area contributed by atoms with Crippen molar-refractivity contribution in [1.82, 2.24) is 20.6 Å². The van der Waals surface area contributed by atoms with Crippen molar-refractivity contribution < 1.29 is 4.79 Å². The van der Waals surface area contributed by atoms with E-state index in [-0.39, 0.29) is 5.91 Å². The molecule has 0 atom stereocenters. The van der Waals surface area contributed by atoms with E-state index in [1.54, 1.807) is 31.6 Å². The minimum absolute atomic E-state index is 0.178. The second kappa shape index (κ2) is 7.44. The predicted octanol–water partition coefficient (Wildman–Crippen LogP) is 2.71. The van der Waals surface area contributed by atoms with Gasteiger partial charge in [-0.15, -0.1) is 0 Å². The van der Waals surface area contributed by atoms with Crippen molar-refractivity contribution in [3.8, 4) is 11.3 Å². The number of rotatable bonds is 6. The first-order valence-electron chi connectivity index (χ1n) is 7.90. The van der Waals surface area contributed by atoms with E-state index in [4.69, 9.17) is 5.41 Å². The quantitative estimate of drug-likeness (QED) is 0.523. The third-order valence-electron chi connectivity index (χ3n) is 3.87. The van der Waals surface area contributed by atoms with Crippen LogP contribution >= 0.6 is 0 Å². The summed E-state index contributed by atoms with van der Waals surface area (Å²) < 4.78 is 0. The zero-order chi connectivity index (χ0) is 17.6. The lowest BCUT2D eigenvalue weighted by Crippen LogP contribution is -2.26. The van der Waals surface area contributed by atoms with Crippen molar-refractivity contribution in [2.75, 3.05) is 13.6 Å². The second-order valence-electron chi connectivity index (χ2n) is 5.51. The fraction of sp³-hybridized carbons (Fsp3) is 0.105. The van der Waals surface area contributed by atoms with Crippen LogP contribution < -0.4 is 10.6 Å². The number of nitrogens with zero attached hydrogens (tertiary/aromatic N) is 1. The first kappa shape index (κ1) is 16.4. The van der Waals surface area contributed by atoms with Crippen LogP contribution in [-0.4, -0.2) is 35.7 Å². The molecule has 0 spiro atoms. The molecule has 6 nitrogen and oxygen atoms in total. The topological polar surface area (TPSA) is 93.7 Å². The average molecular weight is 333 g/mol. The average Bonchev–Trinajstić information content (AvgIpc) is 3.14. The molecule has 2 heterocycles. The number of hydrogen-bond acceptors (Lipinski definition) is 4. The highest BCUT2D eigenvalue weighted by atomic mass is 16.1. The lowest BCUT2D eigenvalue weighted by Gasteiger charge is -2.07. The number of pyridine rings is 1. The number of hydrogen-bond donors (Lipinski definition) is 4. The molecule has 1 amide bonds. The van der Waals surface area contributed by atoms with Gasteiger partial charge in [0.25, 0.3) is 5.91 Å². The van der Waals surface area contributed by atoms with Gasteiger partial charge >= 0.3 is 0 Å². The number of amides is 1. The van der Waals surface area contributed by atoms with Crippen LogP contribution in [0.15, 0.2) is 60.6 Å². The van der Waals surface area contributed by atoms with E-state index in [1.165, 1.54) is 6.21 Å². The fourth-order valence-corrected chi connectivity index (χ4v) is 2.61. The Morgan fingerprint density at radius 3 is 2.76 bits per heavy atom. The number of carbonyl (C=O) groups is 1. The normalized spacial score (nSPS) is 11.3. The van der Waals surface area contributed by atoms with Crippen LogP contribution in [0.4, 0.5) is 0 Å². The lowest BCUT2D eigenvalue weighted by atomic mass is 10.1. The van der Waals surface area contributed by atoms with Gasteiger partial charge in [0.05, 0.1) is 5.69 Å². The Balaban J connectivity index is 1.76. The Morgan fingerprint density at radius 1 is 1.24 bits per heavy atom. The van der Waals surface area contributed by atoms with Crippen molar-refractivity contribution in [2.24, 2.45) is 0 Å². The fourth-order valence-electron chi connectivity index (χ4n) is 2.61. The predicted molar refractivity (Wildman–Crippen MR) is 99.8 cm³/mol. The number of fused-ring (bicyclic) bond motifs is 1. The van der Waals surface area contributed by atoms with Gasteiger partial charge in [0, 0.05) is 66.0 Å². The minimum atomic E-state index is -0.178. The van der Waals surface area contributed by atoms with Gasteiger partial charge in [-0.3, -0.25) is 9.78 Å². The second-order valence-corrected chi connectivity index (χ2v) is 5.51. The molecule has 0 saturated carbocycles. The van der Waals surface area contributed by atoms with Gasteiger partial charge in [0.2, 0.25) is 0 Å². The van der Waals surface area contributed by atoms with Gasteiger partial charge in [-0.2, -0.15) is 0 Å². The molecule has 3 aromatic rings. The number of carbonyl (C=O) groups excluding carboxylic acids is 1. The van der Waals surface area contributed by atoms with Crippen LogP contribution in [0.2, 0.25) is 0 Å². The number of nitrogens with one attached hydrogen (secondary N) is 4. The summed E-state index contributed by atoms with van der Waals surface area (Å²) in [6, 6.07) is 11.3. The molecule has 3 rings (SSSR count). The molecule has 0 aliphatic rings. The van der Waals surface area contributed by atoms with Crippen molar-refractivity contribution in [1.29, 1.82) is 5.41 Å². The summed E-state index contributed by atoms with van der Waals surface area (Å²) in [7, 11) is 1.75. The highest BCUT2D eigenvalue weighted by Crippen LogP contribution is 2.25. The smallest absolute Gasteiger partial charge is 0.251 e. The molecule has 1 aromatic carbocycles. The lowest BCUT2D eigenvalue weighted by molar-refractivity contribution is 0.0957. The van der Waals surface area contributed by atoms with Gasteiger partial charge < -0.3 is 21.0 Å². The Bertz CT molecular complexity index is 924. The zero-order valence-electron chi connectivity index (χ0n) is 13.8. The van der Waals surface area contributed by atoms with Gasteiger partial charge in [-0.25, -0.2) is 0 Å². The Morgan fingerprint density at radius 2 is 2.04 bits per heavy atom. The first-order valence-corrected chi connectivity index (χ1v) is 7.90. The van der Waals surface area contributed by atoms with Crippen LogP contribution in [-0.2, 0) is 0 Å². The monoisotopic (exact) mass is 333 g/mol. The van der Waals surface area contributed by atoms with E-state index in [0.29, 0.717) is 17.7 Å². The summed E-state index contributed by atoms with van der Waals surface area (Å²) in [5, 5.41) is 14.0. The zero-order valence-corrected chi connectivity index (χ0v) is 13.8. The third-order valence-corrected chi connectivity index (χ3v) is 3.87. The van der Waals surface area contributed by atoms with E-state index in [0.717, 1.165) is 22.2 Å². The maximum Gasteiger partial charge on any atom is 0.251 e.